The van der Waals surface area contributed by atoms with Crippen LogP contribution in [0.25, 0.3) is 0 Å². The van der Waals surface area contributed by atoms with Gasteiger partial charge < -0.3 is 15.5 Å². The van der Waals surface area contributed by atoms with Gasteiger partial charge >= 0.3 is 0 Å². The van der Waals surface area contributed by atoms with E-state index in [0.717, 1.165) is 35.4 Å². The lowest BCUT2D eigenvalue weighted by Gasteiger charge is -2.29. The standard InChI is InChI=1S/C25H25BrN4O2/c26-22-8-6-20(7-9-22)25(32)27-13-11-24(31)29-16-18-5-10-23(28-15-18)30-14-12-19-3-1-2-4-21(19)17-30/h1-10,15H,11-14,16-17H2,(H,27,32)(H,29,31). The van der Waals surface area contributed by atoms with Crippen molar-refractivity contribution in [3.8, 4) is 0 Å². The first kappa shape index (κ1) is 22.0. The summed E-state index contributed by atoms with van der Waals surface area (Å²) in [7, 11) is 0. The number of amides is 2. The van der Waals surface area contributed by atoms with Crippen molar-refractivity contribution < 1.29 is 9.59 Å². The number of carbonyl (C=O) groups is 2. The summed E-state index contributed by atoms with van der Waals surface area (Å²) >= 11 is 3.34. The van der Waals surface area contributed by atoms with Crippen LogP contribution in [0.4, 0.5) is 5.82 Å². The minimum Gasteiger partial charge on any atom is -0.352 e. The second kappa shape index (κ2) is 10.4. The molecule has 1 aliphatic rings. The zero-order chi connectivity index (χ0) is 22.3. The molecule has 0 radical (unpaired) electrons. The van der Waals surface area contributed by atoms with Crippen molar-refractivity contribution in [1.29, 1.82) is 0 Å². The zero-order valence-corrected chi connectivity index (χ0v) is 19.3. The lowest BCUT2D eigenvalue weighted by atomic mass is 10.00. The van der Waals surface area contributed by atoms with Crippen LogP contribution < -0.4 is 15.5 Å². The van der Waals surface area contributed by atoms with E-state index >= 15 is 0 Å². The largest absolute Gasteiger partial charge is 0.352 e. The molecule has 3 aromatic rings. The molecule has 0 unspecified atom stereocenters. The van der Waals surface area contributed by atoms with E-state index in [0.29, 0.717) is 12.1 Å². The second-order valence-electron chi connectivity index (χ2n) is 7.75. The number of halogens is 1. The number of fused-ring (bicyclic) bond motifs is 1. The van der Waals surface area contributed by atoms with Gasteiger partial charge in [-0.2, -0.15) is 0 Å². The quantitative estimate of drug-likeness (QED) is 0.525. The molecular formula is C25H25BrN4O2. The van der Waals surface area contributed by atoms with Crippen molar-refractivity contribution >= 4 is 33.6 Å². The first-order valence-corrected chi connectivity index (χ1v) is 11.4. The van der Waals surface area contributed by atoms with Gasteiger partial charge in [0.25, 0.3) is 5.91 Å². The van der Waals surface area contributed by atoms with E-state index in [1.54, 1.807) is 12.1 Å². The lowest BCUT2D eigenvalue weighted by Crippen LogP contribution is -2.31. The van der Waals surface area contributed by atoms with E-state index in [1.165, 1.54) is 11.1 Å². The molecule has 0 atom stereocenters. The van der Waals surface area contributed by atoms with Crippen LogP contribution in [0.2, 0.25) is 0 Å². The third-order valence-corrected chi connectivity index (χ3v) is 6.03. The van der Waals surface area contributed by atoms with Gasteiger partial charge in [-0.05, 0) is 53.4 Å². The Morgan fingerprint density at radius 1 is 0.969 bits per heavy atom. The fourth-order valence-corrected chi connectivity index (χ4v) is 3.95. The second-order valence-corrected chi connectivity index (χ2v) is 8.67. The SMILES string of the molecule is O=C(CCNC(=O)c1ccc(Br)cc1)NCc1ccc(N2CCc3ccccc3C2)nc1. The van der Waals surface area contributed by atoms with Gasteiger partial charge in [-0.3, -0.25) is 9.59 Å². The molecule has 32 heavy (non-hydrogen) atoms. The molecule has 6 nitrogen and oxygen atoms in total. The van der Waals surface area contributed by atoms with Crippen molar-refractivity contribution in [2.24, 2.45) is 0 Å². The monoisotopic (exact) mass is 492 g/mol. The van der Waals surface area contributed by atoms with Gasteiger partial charge in [0.05, 0.1) is 0 Å². The summed E-state index contributed by atoms with van der Waals surface area (Å²) in [4.78, 5) is 31.1. The highest BCUT2D eigenvalue weighted by Gasteiger charge is 2.16. The van der Waals surface area contributed by atoms with Crippen molar-refractivity contribution in [3.63, 3.8) is 0 Å². The minimum atomic E-state index is -0.189. The highest BCUT2D eigenvalue weighted by atomic mass is 79.9. The number of pyridine rings is 1. The Morgan fingerprint density at radius 2 is 1.75 bits per heavy atom. The molecule has 0 aliphatic carbocycles. The van der Waals surface area contributed by atoms with Gasteiger partial charge in [-0.25, -0.2) is 4.98 Å². The molecule has 7 heteroatoms. The number of nitrogens with zero attached hydrogens (tertiary/aromatic N) is 2. The molecule has 164 valence electrons. The number of carbonyl (C=O) groups excluding carboxylic acids is 2. The highest BCUT2D eigenvalue weighted by Crippen LogP contribution is 2.23. The molecule has 2 amide bonds. The number of benzene rings is 2. The predicted octanol–water partition coefficient (Wildman–Crippen LogP) is 3.84. The normalized spacial score (nSPS) is 12.7. The van der Waals surface area contributed by atoms with Crippen LogP contribution in [0.1, 0.15) is 33.5 Å². The van der Waals surface area contributed by atoms with Gasteiger partial charge in [-0.1, -0.05) is 46.3 Å². The molecule has 1 aromatic heterocycles. The summed E-state index contributed by atoms with van der Waals surface area (Å²) in [6, 6.07) is 19.6. The molecule has 0 saturated carbocycles. The van der Waals surface area contributed by atoms with Crippen molar-refractivity contribution in [2.45, 2.75) is 25.9 Å². The van der Waals surface area contributed by atoms with Gasteiger partial charge in [-0.15, -0.1) is 0 Å². The molecule has 4 rings (SSSR count). The smallest absolute Gasteiger partial charge is 0.251 e. The van der Waals surface area contributed by atoms with Crippen molar-refractivity contribution in [2.75, 3.05) is 18.0 Å². The summed E-state index contributed by atoms with van der Waals surface area (Å²) in [5.41, 5.74) is 4.27. The molecule has 0 spiro atoms. The van der Waals surface area contributed by atoms with Crippen LogP contribution in [-0.2, 0) is 24.3 Å². The minimum absolute atomic E-state index is 0.113. The Morgan fingerprint density at radius 3 is 2.50 bits per heavy atom. The number of anilines is 1. The van der Waals surface area contributed by atoms with Crippen LogP contribution in [-0.4, -0.2) is 29.9 Å². The molecule has 2 aromatic carbocycles. The average molecular weight is 493 g/mol. The van der Waals surface area contributed by atoms with Crippen LogP contribution in [0.5, 0.6) is 0 Å². The average Bonchev–Trinajstić information content (AvgIpc) is 2.83. The zero-order valence-electron chi connectivity index (χ0n) is 17.7. The summed E-state index contributed by atoms with van der Waals surface area (Å²) in [6.07, 6.45) is 3.06. The maximum atomic E-state index is 12.1. The van der Waals surface area contributed by atoms with Crippen molar-refractivity contribution in [1.82, 2.24) is 15.6 Å². The van der Waals surface area contributed by atoms with Gasteiger partial charge in [0.1, 0.15) is 5.82 Å². The number of hydrogen-bond acceptors (Lipinski definition) is 4. The maximum absolute atomic E-state index is 12.1. The molecule has 2 heterocycles. The van der Waals surface area contributed by atoms with Crippen LogP contribution in [0, 0.1) is 0 Å². The molecule has 2 N–H and O–H groups in total. The Balaban J connectivity index is 1.20. The Labute approximate surface area is 196 Å². The predicted molar refractivity (Wildman–Crippen MR) is 128 cm³/mol. The summed E-state index contributed by atoms with van der Waals surface area (Å²) in [5.74, 6) is 0.647. The molecular weight excluding hydrogens is 468 g/mol. The molecule has 0 bridgehead atoms. The Kier molecular flexibility index (Phi) is 7.17. The number of hydrogen-bond donors (Lipinski definition) is 2. The topological polar surface area (TPSA) is 74.3 Å². The van der Waals surface area contributed by atoms with E-state index in [2.05, 4.69) is 60.7 Å². The maximum Gasteiger partial charge on any atom is 0.251 e. The first-order valence-electron chi connectivity index (χ1n) is 10.7. The lowest BCUT2D eigenvalue weighted by molar-refractivity contribution is -0.121. The number of nitrogens with one attached hydrogen (secondary N) is 2. The van der Waals surface area contributed by atoms with Crippen LogP contribution in [0.15, 0.2) is 71.3 Å². The number of aromatic nitrogens is 1. The summed E-state index contributed by atoms with van der Waals surface area (Å²) < 4.78 is 0.914. The first-order chi connectivity index (χ1) is 15.6. The van der Waals surface area contributed by atoms with Gasteiger partial charge in [0.15, 0.2) is 0 Å². The molecule has 1 aliphatic heterocycles. The van der Waals surface area contributed by atoms with Crippen LogP contribution >= 0.6 is 15.9 Å². The Hall–Kier alpha value is -3.19. The van der Waals surface area contributed by atoms with E-state index in [9.17, 15) is 9.59 Å². The van der Waals surface area contributed by atoms with Crippen molar-refractivity contribution in [3.05, 3.63) is 93.6 Å². The molecule has 0 saturated heterocycles. The fraction of sp³-hybridized carbons (Fsp3) is 0.240. The van der Waals surface area contributed by atoms with Gasteiger partial charge in [0.2, 0.25) is 5.91 Å². The van der Waals surface area contributed by atoms with E-state index in [1.807, 2.05) is 30.5 Å². The highest BCUT2D eigenvalue weighted by molar-refractivity contribution is 9.10. The van der Waals surface area contributed by atoms with E-state index in [4.69, 9.17) is 0 Å². The van der Waals surface area contributed by atoms with Crippen LogP contribution in [0.3, 0.4) is 0 Å². The van der Waals surface area contributed by atoms with E-state index < -0.39 is 0 Å². The fourth-order valence-electron chi connectivity index (χ4n) is 3.68. The van der Waals surface area contributed by atoms with Gasteiger partial charge in [0, 0.05) is 48.8 Å². The summed E-state index contributed by atoms with van der Waals surface area (Å²) in [6.45, 7) is 2.52. The summed E-state index contributed by atoms with van der Waals surface area (Å²) in [5, 5.41) is 5.65. The molecule has 0 fully saturated rings. The number of rotatable bonds is 7. The Bertz CT molecular complexity index is 1080. The van der Waals surface area contributed by atoms with E-state index in [-0.39, 0.29) is 24.8 Å². The third-order valence-electron chi connectivity index (χ3n) is 5.50. The third kappa shape index (κ3) is 5.73.